The Bertz CT molecular complexity index is 942. The van der Waals surface area contributed by atoms with Crippen molar-refractivity contribution in [2.45, 2.75) is 251 Å². The number of phosphoric acid groups is 1. The molecule has 0 bridgehead atoms. The average molecular weight is 830 g/mol. The number of amides is 1. The first kappa shape index (κ1) is 56.2. The van der Waals surface area contributed by atoms with Crippen LogP contribution in [-0.4, -0.2) is 73.4 Å². The third kappa shape index (κ3) is 43.1. The van der Waals surface area contributed by atoms with Gasteiger partial charge >= 0.3 is 7.82 Å². The van der Waals surface area contributed by atoms with Gasteiger partial charge in [-0.25, -0.2) is 4.57 Å². The molecule has 340 valence electrons. The highest BCUT2D eigenvalue weighted by Crippen LogP contribution is 2.43. The molecule has 0 aliphatic heterocycles. The summed E-state index contributed by atoms with van der Waals surface area (Å²) in [4.78, 5) is 23.2. The van der Waals surface area contributed by atoms with E-state index in [0.717, 1.165) is 44.9 Å². The van der Waals surface area contributed by atoms with Gasteiger partial charge in [0.05, 0.1) is 39.9 Å². The van der Waals surface area contributed by atoms with Crippen molar-refractivity contribution in [2.75, 3.05) is 40.9 Å². The Morgan fingerprint density at radius 2 is 0.947 bits per heavy atom. The van der Waals surface area contributed by atoms with Gasteiger partial charge in [-0.3, -0.25) is 13.8 Å². The molecule has 3 atom stereocenters. The van der Waals surface area contributed by atoms with E-state index in [2.05, 4.69) is 31.3 Å². The van der Waals surface area contributed by atoms with E-state index in [9.17, 15) is 19.4 Å². The van der Waals surface area contributed by atoms with Gasteiger partial charge in [0.15, 0.2) is 0 Å². The SMILES string of the molecule is CCCCCCCCCC/C=C/CCCC[C@@H](O)[C@H](COP(=O)(O)OCC[N+](C)(C)C)NC(=O)CCCCCCCCCCCCCCCCCCCCCCC. The molecule has 0 radical (unpaired) electrons. The Kier molecular flexibility index (Phi) is 40.1. The van der Waals surface area contributed by atoms with Crippen molar-refractivity contribution < 1.29 is 32.9 Å². The summed E-state index contributed by atoms with van der Waals surface area (Å²) in [6, 6.07) is -0.771. The summed E-state index contributed by atoms with van der Waals surface area (Å²) in [6.07, 6.45) is 46.8. The van der Waals surface area contributed by atoms with Gasteiger partial charge in [0.25, 0.3) is 0 Å². The van der Waals surface area contributed by atoms with E-state index in [-0.39, 0.29) is 19.1 Å². The van der Waals surface area contributed by atoms with Crippen LogP contribution >= 0.6 is 7.82 Å². The van der Waals surface area contributed by atoms with Crippen molar-refractivity contribution in [3.8, 4) is 0 Å². The van der Waals surface area contributed by atoms with Gasteiger partial charge in [-0.1, -0.05) is 206 Å². The highest BCUT2D eigenvalue weighted by atomic mass is 31.2. The van der Waals surface area contributed by atoms with E-state index in [4.69, 9.17) is 9.05 Å². The molecule has 1 amide bonds. The molecular weight excluding hydrogens is 732 g/mol. The van der Waals surface area contributed by atoms with Gasteiger partial charge in [-0.15, -0.1) is 0 Å². The molecule has 0 spiro atoms. The number of quaternary nitrogens is 1. The number of carbonyl (C=O) groups excluding carboxylic acids is 1. The van der Waals surface area contributed by atoms with Crippen LogP contribution in [0.4, 0.5) is 0 Å². The summed E-state index contributed by atoms with van der Waals surface area (Å²) >= 11 is 0. The van der Waals surface area contributed by atoms with Crippen LogP contribution in [0, 0.1) is 0 Å². The molecule has 0 rings (SSSR count). The van der Waals surface area contributed by atoms with Crippen molar-refractivity contribution in [1.29, 1.82) is 0 Å². The predicted octanol–water partition coefficient (Wildman–Crippen LogP) is 13.9. The van der Waals surface area contributed by atoms with E-state index < -0.39 is 20.0 Å². The van der Waals surface area contributed by atoms with E-state index in [0.29, 0.717) is 23.9 Å². The number of hydrogen-bond donors (Lipinski definition) is 3. The molecule has 8 nitrogen and oxygen atoms in total. The minimum atomic E-state index is -4.32. The zero-order valence-electron chi connectivity index (χ0n) is 38.6. The molecule has 57 heavy (non-hydrogen) atoms. The van der Waals surface area contributed by atoms with Gasteiger partial charge < -0.3 is 19.8 Å². The lowest BCUT2D eigenvalue weighted by Gasteiger charge is -2.26. The second kappa shape index (κ2) is 40.6. The van der Waals surface area contributed by atoms with Gasteiger partial charge in [0.2, 0.25) is 5.91 Å². The molecule has 0 aliphatic carbocycles. The molecule has 0 saturated heterocycles. The fourth-order valence-electron chi connectivity index (χ4n) is 7.34. The van der Waals surface area contributed by atoms with Crippen molar-refractivity contribution in [1.82, 2.24) is 5.32 Å². The first-order valence-electron chi connectivity index (χ1n) is 24.6. The lowest BCUT2D eigenvalue weighted by atomic mass is 10.0. The van der Waals surface area contributed by atoms with Crippen LogP contribution in [0.25, 0.3) is 0 Å². The number of aliphatic hydroxyl groups is 1. The van der Waals surface area contributed by atoms with Crippen molar-refractivity contribution in [2.24, 2.45) is 0 Å². The Morgan fingerprint density at radius 1 is 0.579 bits per heavy atom. The quantitative estimate of drug-likeness (QED) is 0.0244. The van der Waals surface area contributed by atoms with Gasteiger partial charge in [0, 0.05) is 6.42 Å². The molecule has 1 unspecified atom stereocenters. The normalized spacial score (nSPS) is 14.3. The van der Waals surface area contributed by atoms with Crippen molar-refractivity contribution in [3.05, 3.63) is 12.2 Å². The molecule has 0 fully saturated rings. The smallest absolute Gasteiger partial charge is 0.391 e. The molecule has 3 N–H and O–H groups in total. The Labute approximate surface area is 354 Å². The molecule has 0 heterocycles. The van der Waals surface area contributed by atoms with Crippen LogP contribution in [0.5, 0.6) is 0 Å². The Morgan fingerprint density at radius 3 is 1.35 bits per heavy atom. The number of nitrogens with one attached hydrogen (secondary N) is 1. The minimum Gasteiger partial charge on any atom is -0.391 e. The number of likely N-dealkylation sites (N-methyl/N-ethyl adjacent to an activating group) is 1. The van der Waals surface area contributed by atoms with Crippen LogP contribution < -0.4 is 5.32 Å². The van der Waals surface area contributed by atoms with Crippen molar-refractivity contribution in [3.63, 3.8) is 0 Å². The predicted molar refractivity (Wildman–Crippen MR) is 245 cm³/mol. The molecule has 0 aromatic heterocycles. The first-order valence-corrected chi connectivity index (χ1v) is 26.0. The lowest BCUT2D eigenvalue weighted by molar-refractivity contribution is -0.870. The maximum absolute atomic E-state index is 12.9. The van der Waals surface area contributed by atoms with Crippen LogP contribution in [0.3, 0.4) is 0 Å². The summed E-state index contributed by atoms with van der Waals surface area (Å²) < 4.78 is 23.6. The van der Waals surface area contributed by atoms with Crippen LogP contribution in [0.15, 0.2) is 12.2 Å². The number of hydrogen-bond acceptors (Lipinski definition) is 5. The van der Waals surface area contributed by atoms with Crippen LogP contribution in [0.2, 0.25) is 0 Å². The maximum Gasteiger partial charge on any atom is 0.472 e. The van der Waals surface area contributed by atoms with Gasteiger partial charge in [-0.2, -0.15) is 0 Å². The average Bonchev–Trinajstić information content (AvgIpc) is 3.16. The van der Waals surface area contributed by atoms with E-state index >= 15 is 0 Å². The molecule has 9 heteroatoms. The minimum absolute atomic E-state index is 0.0723. The standard InChI is InChI=1S/C48H97N2O6P/c1-6-8-10-12-14-16-18-20-22-23-24-25-26-27-28-30-32-34-36-38-40-42-48(52)49-46(45-56-57(53,54)55-44-43-50(3,4)5)47(51)41-39-37-35-33-31-29-21-19-17-15-13-11-9-7-2/h31,33,46-47,51H,6-30,32,34-45H2,1-5H3,(H-,49,52,53,54)/p+1/b33-31+/t46-,47+/m0/s1. The first-order chi connectivity index (χ1) is 27.5. The fraction of sp³-hybridized carbons (Fsp3) is 0.938. The number of unbranched alkanes of at least 4 members (excludes halogenated alkanes) is 30. The third-order valence-corrected chi connectivity index (χ3v) is 12.2. The van der Waals surface area contributed by atoms with E-state index in [1.165, 1.54) is 167 Å². The third-order valence-electron chi connectivity index (χ3n) is 11.3. The summed E-state index contributed by atoms with van der Waals surface area (Å²) in [5.41, 5.74) is 0. The van der Waals surface area contributed by atoms with E-state index in [1.807, 2.05) is 21.1 Å². The number of carbonyl (C=O) groups is 1. The highest BCUT2D eigenvalue weighted by molar-refractivity contribution is 7.47. The molecule has 0 saturated carbocycles. The van der Waals surface area contributed by atoms with Gasteiger partial charge in [-0.05, 0) is 38.5 Å². The summed E-state index contributed by atoms with van der Waals surface area (Å²) in [6.45, 7) is 4.89. The zero-order valence-corrected chi connectivity index (χ0v) is 39.5. The largest absolute Gasteiger partial charge is 0.472 e. The molecular formula is C48H98N2O6P+. The van der Waals surface area contributed by atoms with Crippen LogP contribution in [0.1, 0.15) is 239 Å². The number of rotatable bonds is 45. The maximum atomic E-state index is 12.9. The topological polar surface area (TPSA) is 105 Å². The monoisotopic (exact) mass is 830 g/mol. The Balaban J connectivity index is 4.25. The molecule has 0 aromatic carbocycles. The number of aliphatic hydroxyl groups excluding tert-OH is 1. The molecule has 0 aromatic rings. The van der Waals surface area contributed by atoms with Crippen LogP contribution in [-0.2, 0) is 18.4 Å². The summed E-state index contributed by atoms with van der Waals surface area (Å²) in [5.74, 6) is -0.150. The van der Waals surface area contributed by atoms with E-state index in [1.54, 1.807) is 0 Å². The molecule has 0 aliphatic rings. The fourth-order valence-corrected chi connectivity index (χ4v) is 8.07. The highest BCUT2D eigenvalue weighted by Gasteiger charge is 2.28. The number of allylic oxidation sites excluding steroid dienone is 2. The Hall–Kier alpha value is -0.760. The number of nitrogens with zero attached hydrogens (tertiary/aromatic N) is 1. The number of phosphoric ester groups is 1. The van der Waals surface area contributed by atoms with Crippen molar-refractivity contribution >= 4 is 13.7 Å². The lowest BCUT2D eigenvalue weighted by Crippen LogP contribution is -2.46. The van der Waals surface area contributed by atoms with Gasteiger partial charge in [0.1, 0.15) is 13.2 Å². The summed E-state index contributed by atoms with van der Waals surface area (Å²) in [5, 5.41) is 14.0. The zero-order chi connectivity index (χ0) is 42.1. The summed E-state index contributed by atoms with van der Waals surface area (Å²) in [7, 11) is 1.61. The second-order valence-corrected chi connectivity index (χ2v) is 19.6. The second-order valence-electron chi connectivity index (χ2n) is 18.2.